The molecule has 1 N–H and O–H groups in total. The van der Waals surface area contributed by atoms with Crippen LogP contribution in [0.1, 0.15) is 32.3 Å². The molecule has 0 aliphatic carbocycles. The van der Waals surface area contributed by atoms with Gasteiger partial charge in [-0.05, 0) is 36.7 Å². The van der Waals surface area contributed by atoms with Crippen LogP contribution in [0.5, 0.6) is 5.75 Å². The van der Waals surface area contributed by atoms with Crippen LogP contribution in [0.4, 0.5) is 0 Å². The summed E-state index contributed by atoms with van der Waals surface area (Å²) in [4.78, 5) is 0. The van der Waals surface area contributed by atoms with E-state index in [-0.39, 0.29) is 0 Å². The van der Waals surface area contributed by atoms with E-state index in [9.17, 15) is 0 Å². The molecule has 0 aliphatic rings. The zero-order chi connectivity index (χ0) is 12.7. The van der Waals surface area contributed by atoms with Gasteiger partial charge >= 0.3 is 0 Å². The van der Waals surface area contributed by atoms with Gasteiger partial charge in [0, 0.05) is 11.0 Å². The van der Waals surface area contributed by atoms with Crippen molar-refractivity contribution >= 4 is 15.9 Å². The van der Waals surface area contributed by atoms with Crippen molar-refractivity contribution in [1.29, 1.82) is 0 Å². The number of ether oxygens (including phenoxy) is 1. The van der Waals surface area contributed by atoms with Gasteiger partial charge in [-0.3, -0.25) is 0 Å². The highest BCUT2D eigenvalue weighted by Gasteiger charge is 2.06. The Morgan fingerprint density at radius 2 is 2.00 bits per heavy atom. The molecule has 0 saturated heterocycles. The zero-order valence-corrected chi connectivity index (χ0v) is 12.5. The first kappa shape index (κ1) is 14.5. The van der Waals surface area contributed by atoms with Gasteiger partial charge < -0.3 is 10.1 Å². The first-order valence-corrected chi connectivity index (χ1v) is 7.06. The van der Waals surface area contributed by atoms with Gasteiger partial charge in [0.2, 0.25) is 0 Å². The van der Waals surface area contributed by atoms with Gasteiger partial charge in [-0.1, -0.05) is 42.6 Å². The fourth-order valence-electron chi connectivity index (χ4n) is 1.71. The van der Waals surface area contributed by atoms with E-state index < -0.39 is 0 Å². The van der Waals surface area contributed by atoms with Crippen molar-refractivity contribution in [1.82, 2.24) is 5.32 Å². The quantitative estimate of drug-likeness (QED) is 0.822. The molecule has 0 aromatic heterocycles. The molecular formula is C14H22BrNO. The topological polar surface area (TPSA) is 21.3 Å². The highest BCUT2D eigenvalue weighted by molar-refractivity contribution is 9.10. The lowest BCUT2D eigenvalue weighted by atomic mass is 10.1. The third-order valence-electron chi connectivity index (χ3n) is 3.02. The van der Waals surface area contributed by atoms with Crippen molar-refractivity contribution in [2.45, 2.75) is 33.2 Å². The Morgan fingerprint density at radius 3 is 2.59 bits per heavy atom. The van der Waals surface area contributed by atoms with Crippen LogP contribution in [0.2, 0.25) is 0 Å². The van der Waals surface area contributed by atoms with Crippen LogP contribution in [0.25, 0.3) is 0 Å². The zero-order valence-electron chi connectivity index (χ0n) is 10.9. The average molecular weight is 300 g/mol. The van der Waals surface area contributed by atoms with Gasteiger partial charge in [0.05, 0.1) is 6.61 Å². The SMILES string of the molecule is CCC(CC)COc1ccc(Br)c(CNC)c1. The summed E-state index contributed by atoms with van der Waals surface area (Å²) in [5.41, 5.74) is 1.23. The van der Waals surface area contributed by atoms with Gasteiger partial charge in [0.25, 0.3) is 0 Å². The number of hydrogen-bond donors (Lipinski definition) is 1. The summed E-state index contributed by atoms with van der Waals surface area (Å²) >= 11 is 3.54. The van der Waals surface area contributed by atoms with Gasteiger partial charge in [-0.2, -0.15) is 0 Å². The second kappa shape index (κ2) is 7.72. The summed E-state index contributed by atoms with van der Waals surface area (Å²) < 4.78 is 6.97. The van der Waals surface area contributed by atoms with Crippen molar-refractivity contribution in [2.24, 2.45) is 5.92 Å². The molecule has 0 unspecified atom stereocenters. The molecule has 0 atom stereocenters. The van der Waals surface area contributed by atoms with Crippen LogP contribution in [0.3, 0.4) is 0 Å². The number of benzene rings is 1. The van der Waals surface area contributed by atoms with E-state index in [2.05, 4.69) is 47.2 Å². The lowest BCUT2D eigenvalue weighted by Crippen LogP contribution is -2.11. The minimum absolute atomic E-state index is 0.659. The monoisotopic (exact) mass is 299 g/mol. The van der Waals surface area contributed by atoms with E-state index in [1.54, 1.807) is 0 Å². The summed E-state index contributed by atoms with van der Waals surface area (Å²) in [5.74, 6) is 1.62. The summed E-state index contributed by atoms with van der Waals surface area (Å²) in [6.45, 7) is 6.09. The van der Waals surface area contributed by atoms with Gasteiger partial charge in [0.1, 0.15) is 5.75 Å². The number of rotatable bonds is 7. The maximum atomic E-state index is 5.84. The predicted molar refractivity (Wildman–Crippen MR) is 76.5 cm³/mol. The van der Waals surface area contributed by atoms with Gasteiger partial charge in [0.15, 0.2) is 0 Å². The molecule has 0 aliphatic heterocycles. The molecule has 0 spiro atoms. The minimum atomic E-state index is 0.659. The highest BCUT2D eigenvalue weighted by Crippen LogP contribution is 2.23. The Labute approximate surface area is 113 Å². The van der Waals surface area contributed by atoms with E-state index in [4.69, 9.17) is 4.74 Å². The Hall–Kier alpha value is -0.540. The summed E-state index contributed by atoms with van der Waals surface area (Å²) in [5, 5.41) is 3.15. The molecular weight excluding hydrogens is 278 g/mol. The number of nitrogens with one attached hydrogen (secondary N) is 1. The molecule has 17 heavy (non-hydrogen) atoms. The third kappa shape index (κ3) is 4.68. The van der Waals surface area contributed by atoms with Crippen molar-refractivity contribution in [3.63, 3.8) is 0 Å². The van der Waals surface area contributed by atoms with Crippen LogP contribution in [0.15, 0.2) is 22.7 Å². The van der Waals surface area contributed by atoms with Crippen LogP contribution in [-0.4, -0.2) is 13.7 Å². The maximum absolute atomic E-state index is 5.84. The number of halogens is 1. The molecule has 0 heterocycles. The van der Waals surface area contributed by atoms with Crippen molar-refractivity contribution < 1.29 is 4.74 Å². The van der Waals surface area contributed by atoms with Gasteiger partial charge in [-0.15, -0.1) is 0 Å². The Kier molecular flexibility index (Phi) is 6.60. The standard InChI is InChI=1S/C14H22BrNO/c1-4-11(5-2)10-17-13-6-7-14(15)12(8-13)9-16-3/h6-8,11,16H,4-5,9-10H2,1-3H3. The van der Waals surface area contributed by atoms with E-state index in [0.717, 1.165) is 23.4 Å². The fourth-order valence-corrected chi connectivity index (χ4v) is 2.09. The van der Waals surface area contributed by atoms with E-state index in [0.29, 0.717) is 5.92 Å². The normalized spacial score (nSPS) is 10.9. The van der Waals surface area contributed by atoms with E-state index >= 15 is 0 Å². The predicted octanol–water partition coefficient (Wildman–Crippen LogP) is 3.98. The lowest BCUT2D eigenvalue weighted by molar-refractivity contribution is 0.240. The number of hydrogen-bond acceptors (Lipinski definition) is 2. The molecule has 0 bridgehead atoms. The van der Waals surface area contributed by atoms with Crippen LogP contribution in [0, 0.1) is 5.92 Å². The van der Waals surface area contributed by atoms with Crippen LogP contribution in [-0.2, 0) is 6.54 Å². The average Bonchev–Trinajstić information content (AvgIpc) is 2.34. The first-order chi connectivity index (χ1) is 8.21. The van der Waals surface area contributed by atoms with Crippen LogP contribution >= 0.6 is 15.9 Å². The van der Waals surface area contributed by atoms with E-state index in [1.165, 1.54) is 18.4 Å². The summed E-state index contributed by atoms with van der Waals surface area (Å²) in [7, 11) is 1.95. The van der Waals surface area contributed by atoms with E-state index in [1.807, 2.05) is 13.1 Å². The second-order valence-corrected chi connectivity index (χ2v) is 5.13. The molecule has 0 fully saturated rings. The molecule has 0 amide bonds. The van der Waals surface area contributed by atoms with Crippen molar-refractivity contribution in [3.8, 4) is 5.75 Å². The minimum Gasteiger partial charge on any atom is -0.493 e. The Morgan fingerprint density at radius 1 is 1.29 bits per heavy atom. The summed E-state index contributed by atoms with van der Waals surface area (Å²) in [6, 6.07) is 6.17. The fraction of sp³-hybridized carbons (Fsp3) is 0.571. The molecule has 1 aromatic rings. The lowest BCUT2D eigenvalue weighted by Gasteiger charge is -2.14. The molecule has 1 aromatic carbocycles. The van der Waals surface area contributed by atoms with Crippen molar-refractivity contribution in [3.05, 3.63) is 28.2 Å². The highest BCUT2D eigenvalue weighted by atomic mass is 79.9. The first-order valence-electron chi connectivity index (χ1n) is 6.27. The Balaban J connectivity index is 2.62. The maximum Gasteiger partial charge on any atom is 0.119 e. The smallest absolute Gasteiger partial charge is 0.119 e. The molecule has 0 radical (unpaired) electrons. The molecule has 2 nitrogen and oxygen atoms in total. The van der Waals surface area contributed by atoms with Gasteiger partial charge in [-0.25, -0.2) is 0 Å². The van der Waals surface area contributed by atoms with Crippen molar-refractivity contribution in [2.75, 3.05) is 13.7 Å². The Bertz CT molecular complexity index is 337. The molecule has 1 rings (SSSR count). The molecule has 3 heteroatoms. The molecule has 0 saturated carbocycles. The summed E-state index contributed by atoms with van der Waals surface area (Å²) in [6.07, 6.45) is 2.35. The molecule has 96 valence electrons. The van der Waals surface area contributed by atoms with Crippen LogP contribution < -0.4 is 10.1 Å². The second-order valence-electron chi connectivity index (χ2n) is 4.28. The largest absolute Gasteiger partial charge is 0.493 e. The third-order valence-corrected chi connectivity index (χ3v) is 3.80.